The highest BCUT2D eigenvalue weighted by atomic mass is 32.2. The first kappa shape index (κ1) is 15.6. The Morgan fingerprint density at radius 2 is 2.00 bits per heavy atom. The number of carbonyl (C=O) groups excluding carboxylic acids is 1. The third-order valence-electron chi connectivity index (χ3n) is 3.64. The molecule has 0 unspecified atom stereocenters. The zero-order valence-electron chi connectivity index (χ0n) is 12.6. The van der Waals surface area contributed by atoms with Gasteiger partial charge in [0, 0.05) is 49.6 Å². The van der Waals surface area contributed by atoms with Crippen LogP contribution in [0.3, 0.4) is 0 Å². The Balaban J connectivity index is 1.83. The smallest absolute Gasteiger partial charge is 0.243 e. The maximum Gasteiger partial charge on any atom is 0.243 e. The first-order valence-corrected chi connectivity index (χ1v) is 8.56. The molecule has 2 heterocycles. The van der Waals surface area contributed by atoms with Gasteiger partial charge in [0.25, 0.3) is 0 Å². The fourth-order valence-electron chi connectivity index (χ4n) is 2.51. The maximum absolute atomic E-state index is 12.7. The third-order valence-corrected chi connectivity index (χ3v) is 5.50. The number of rotatable bonds is 3. The number of benzene rings is 1. The van der Waals surface area contributed by atoms with E-state index in [1.807, 2.05) is 0 Å². The average molecular weight is 332 g/mol. The molecule has 2 aromatic rings. The number of anilines is 1. The molecule has 0 bridgehead atoms. The van der Waals surface area contributed by atoms with Crippen LogP contribution < -0.4 is 5.32 Å². The van der Waals surface area contributed by atoms with Gasteiger partial charge in [0.05, 0.1) is 4.90 Å². The highest BCUT2D eigenvalue weighted by molar-refractivity contribution is 7.89. The molecule has 1 N–H and O–H groups in total. The molecule has 1 amide bonds. The first-order chi connectivity index (χ1) is 11.0. The zero-order chi connectivity index (χ0) is 16.4. The van der Waals surface area contributed by atoms with E-state index in [9.17, 15) is 13.2 Å². The van der Waals surface area contributed by atoms with E-state index in [1.54, 1.807) is 18.3 Å². The van der Waals surface area contributed by atoms with Crippen molar-refractivity contribution in [3.05, 3.63) is 48.0 Å². The van der Waals surface area contributed by atoms with E-state index in [4.69, 9.17) is 0 Å². The van der Waals surface area contributed by atoms with Gasteiger partial charge in [0.1, 0.15) is 6.33 Å². The Morgan fingerprint density at radius 1 is 1.26 bits per heavy atom. The van der Waals surface area contributed by atoms with Gasteiger partial charge in [-0.25, -0.2) is 18.4 Å². The lowest BCUT2D eigenvalue weighted by Gasteiger charge is -2.27. The van der Waals surface area contributed by atoms with Crippen molar-refractivity contribution in [3.8, 4) is 0 Å². The van der Waals surface area contributed by atoms with Gasteiger partial charge in [-0.3, -0.25) is 4.79 Å². The van der Waals surface area contributed by atoms with Crippen molar-refractivity contribution in [2.45, 2.75) is 24.8 Å². The Bertz CT molecular complexity index is 834. The molecule has 8 heteroatoms. The van der Waals surface area contributed by atoms with E-state index in [-0.39, 0.29) is 17.3 Å². The Kier molecular flexibility index (Phi) is 4.10. The van der Waals surface area contributed by atoms with Crippen LogP contribution in [0.2, 0.25) is 0 Å². The molecule has 0 aliphatic carbocycles. The van der Waals surface area contributed by atoms with Gasteiger partial charge < -0.3 is 5.32 Å². The van der Waals surface area contributed by atoms with Gasteiger partial charge in [-0.1, -0.05) is 0 Å². The summed E-state index contributed by atoms with van der Waals surface area (Å²) in [5, 5.41) is 2.61. The number of aromatic nitrogens is 2. The Hall–Kier alpha value is -2.32. The van der Waals surface area contributed by atoms with E-state index < -0.39 is 10.0 Å². The van der Waals surface area contributed by atoms with Crippen LogP contribution in [-0.4, -0.2) is 35.1 Å². The second kappa shape index (κ2) is 6.05. The molecule has 0 atom stereocenters. The van der Waals surface area contributed by atoms with Gasteiger partial charge >= 0.3 is 0 Å². The normalized spacial score (nSPS) is 15.0. The summed E-state index contributed by atoms with van der Waals surface area (Å²) in [6.07, 6.45) is 3.70. The predicted molar refractivity (Wildman–Crippen MR) is 84.1 cm³/mol. The van der Waals surface area contributed by atoms with Crippen LogP contribution in [0.25, 0.3) is 0 Å². The van der Waals surface area contributed by atoms with E-state index in [0.29, 0.717) is 18.7 Å². The fraction of sp³-hybridized carbons (Fsp3) is 0.267. The van der Waals surface area contributed by atoms with Gasteiger partial charge in [-0.05, 0) is 24.3 Å². The van der Waals surface area contributed by atoms with Gasteiger partial charge in [0.2, 0.25) is 15.9 Å². The summed E-state index contributed by atoms with van der Waals surface area (Å²) >= 11 is 0. The molecule has 3 rings (SSSR count). The second-order valence-electron chi connectivity index (χ2n) is 5.29. The van der Waals surface area contributed by atoms with Gasteiger partial charge in [-0.15, -0.1) is 0 Å². The molecule has 0 radical (unpaired) electrons. The molecule has 23 heavy (non-hydrogen) atoms. The van der Waals surface area contributed by atoms with Crippen LogP contribution >= 0.6 is 0 Å². The lowest BCUT2D eigenvalue weighted by atomic mass is 10.1. The van der Waals surface area contributed by atoms with E-state index in [0.717, 1.165) is 11.3 Å². The first-order valence-electron chi connectivity index (χ1n) is 7.12. The molecular weight excluding hydrogens is 316 g/mol. The van der Waals surface area contributed by atoms with Crippen molar-refractivity contribution in [2.24, 2.45) is 0 Å². The lowest BCUT2D eigenvalue weighted by Crippen LogP contribution is -2.36. The lowest BCUT2D eigenvalue weighted by molar-refractivity contribution is -0.114. The summed E-state index contributed by atoms with van der Waals surface area (Å²) in [6.45, 7) is 2.06. The molecular formula is C15H16N4O3S. The number of carbonyl (C=O) groups is 1. The van der Waals surface area contributed by atoms with Crippen molar-refractivity contribution < 1.29 is 13.2 Å². The molecule has 0 saturated heterocycles. The highest BCUT2D eigenvalue weighted by Crippen LogP contribution is 2.24. The van der Waals surface area contributed by atoms with E-state index in [1.165, 1.54) is 29.7 Å². The summed E-state index contributed by atoms with van der Waals surface area (Å²) in [5.41, 5.74) is 2.29. The SMILES string of the molecule is CC(=O)Nc1ccc(S(=O)(=O)N2CCc3ncncc3C2)cc1. The fourth-order valence-corrected chi connectivity index (χ4v) is 3.93. The van der Waals surface area contributed by atoms with Crippen molar-refractivity contribution in [1.82, 2.24) is 14.3 Å². The Labute approximate surface area is 134 Å². The summed E-state index contributed by atoms with van der Waals surface area (Å²) in [4.78, 5) is 19.3. The monoisotopic (exact) mass is 332 g/mol. The molecule has 1 aliphatic rings. The number of fused-ring (bicyclic) bond motifs is 1. The quantitative estimate of drug-likeness (QED) is 0.911. The highest BCUT2D eigenvalue weighted by Gasteiger charge is 2.28. The third kappa shape index (κ3) is 3.22. The van der Waals surface area contributed by atoms with Crippen LogP contribution in [0, 0.1) is 0 Å². The number of hydrogen-bond acceptors (Lipinski definition) is 5. The molecule has 0 spiro atoms. The van der Waals surface area contributed by atoms with Crippen LogP contribution in [0.5, 0.6) is 0 Å². The largest absolute Gasteiger partial charge is 0.326 e. The Morgan fingerprint density at radius 3 is 2.70 bits per heavy atom. The minimum Gasteiger partial charge on any atom is -0.326 e. The number of nitrogens with zero attached hydrogens (tertiary/aromatic N) is 3. The van der Waals surface area contributed by atoms with E-state index in [2.05, 4.69) is 15.3 Å². The van der Waals surface area contributed by atoms with Gasteiger partial charge in [-0.2, -0.15) is 4.31 Å². The average Bonchev–Trinajstić information content (AvgIpc) is 2.54. The predicted octanol–water partition coefficient (Wildman–Crippen LogP) is 1.18. The standard InChI is InChI=1S/C15H16N4O3S/c1-11(20)18-13-2-4-14(5-3-13)23(21,22)19-7-6-15-12(9-19)8-16-10-17-15/h2-5,8,10H,6-7,9H2,1H3,(H,18,20). The van der Waals surface area contributed by atoms with Crippen molar-refractivity contribution in [1.29, 1.82) is 0 Å². The summed E-state index contributed by atoms with van der Waals surface area (Å²) in [5.74, 6) is -0.201. The van der Waals surface area contributed by atoms with Gasteiger partial charge in [0.15, 0.2) is 0 Å². The molecule has 0 fully saturated rings. The van der Waals surface area contributed by atoms with Crippen molar-refractivity contribution >= 4 is 21.6 Å². The van der Waals surface area contributed by atoms with Crippen LogP contribution in [-0.2, 0) is 27.8 Å². The molecule has 7 nitrogen and oxygen atoms in total. The zero-order valence-corrected chi connectivity index (χ0v) is 13.4. The molecule has 120 valence electrons. The van der Waals surface area contributed by atoms with Crippen molar-refractivity contribution in [3.63, 3.8) is 0 Å². The van der Waals surface area contributed by atoms with Crippen LogP contribution in [0.15, 0.2) is 41.7 Å². The molecule has 1 aromatic carbocycles. The van der Waals surface area contributed by atoms with E-state index >= 15 is 0 Å². The summed E-state index contributed by atoms with van der Waals surface area (Å²) in [7, 11) is -3.58. The topological polar surface area (TPSA) is 92.3 Å². The summed E-state index contributed by atoms with van der Waals surface area (Å²) in [6, 6.07) is 6.15. The number of hydrogen-bond donors (Lipinski definition) is 1. The van der Waals surface area contributed by atoms with Crippen molar-refractivity contribution in [2.75, 3.05) is 11.9 Å². The summed E-state index contributed by atoms with van der Waals surface area (Å²) < 4.78 is 26.9. The molecule has 0 saturated carbocycles. The second-order valence-corrected chi connectivity index (χ2v) is 7.23. The number of nitrogens with one attached hydrogen (secondary N) is 1. The minimum atomic E-state index is -3.58. The van der Waals surface area contributed by atoms with Crippen LogP contribution in [0.1, 0.15) is 18.2 Å². The molecule has 1 aromatic heterocycles. The number of amides is 1. The number of sulfonamides is 1. The molecule has 1 aliphatic heterocycles. The van der Waals surface area contributed by atoms with Crippen LogP contribution in [0.4, 0.5) is 5.69 Å². The maximum atomic E-state index is 12.7. The minimum absolute atomic E-state index is 0.201.